The molecular formula is C14H12F2N6O. The predicted octanol–water partition coefficient (Wildman–Crippen LogP) is 1.12. The quantitative estimate of drug-likeness (QED) is 0.736. The van der Waals surface area contributed by atoms with Crippen molar-refractivity contribution < 1.29 is 13.9 Å². The van der Waals surface area contributed by atoms with Crippen LogP contribution in [0.1, 0.15) is 12.1 Å². The van der Waals surface area contributed by atoms with E-state index in [1.54, 1.807) is 0 Å². The second kappa shape index (κ2) is 4.92. The maximum absolute atomic E-state index is 13.4. The topological polar surface area (TPSA) is 90.8 Å². The van der Waals surface area contributed by atoms with Crippen LogP contribution >= 0.6 is 0 Å². The van der Waals surface area contributed by atoms with Gasteiger partial charge in [-0.1, -0.05) is 0 Å². The second-order valence-electron chi connectivity index (χ2n) is 5.54. The summed E-state index contributed by atoms with van der Waals surface area (Å²) in [5, 5.41) is 20.8. The molecule has 0 amide bonds. The summed E-state index contributed by atoms with van der Waals surface area (Å²) < 4.78 is 26.6. The third-order valence-corrected chi connectivity index (χ3v) is 4.04. The van der Waals surface area contributed by atoms with E-state index < -0.39 is 17.2 Å². The molecule has 2 N–H and O–H groups in total. The number of nitrogens with zero attached hydrogens (tertiary/aromatic N) is 5. The SMILES string of the molecule is OC1(c2cn[nH]n2)CCN(c2cnc3cc(F)c(F)cc3n2)C1. The number of nitrogens with one attached hydrogen (secondary N) is 1. The van der Waals surface area contributed by atoms with Gasteiger partial charge in [-0.25, -0.2) is 13.8 Å². The van der Waals surface area contributed by atoms with Gasteiger partial charge in [0, 0.05) is 25.1 Å². The Labute approximate surface area is 129 Å². The molecule has 2 aromatic heterocycles. The molecule has 1 saturated heterocycles. The van der Waals surface area contributed by atoms with Crippen molar-refractivity contribution in [2.75, 3.05) is 18.0 Å². The lowest BCUT2D eigenvalue weighted by Gasteiger charge is -2.21. The van der Waals surface area contributed by atoms with E-state index in [9.17, 15) is 13.9 Å². The van der Waals surface area contributed by atoms with Crippen molar-refractivity contribution in [1.82, 2.24) is 25.4 Å². The molecule has 0 bridgehead atoms. The molecule has 0 aliphatic carbocycles. The molecule has 7 nitrogen and oxygen atoms in total. The molecule has 3 heterocycles. The van der Waals surface area contributed by atoms with Crippen LogP contribution in [0.4, 0.5) is 14.6 Å². The van der Waals surface area contributed by atoms with Gasteiger partial charge in [0.05, 0.1) is 30.0 Å². The fourth-order valence-corrected chi connectivity index (χ4v) is 2.77. The van der Waals surface area contributed by atoms with Gasteiger partial charge in [0.1, 0.15) is 17.1 Å². The number of hydrogen-bond acceptors (Lipinski definition) is 6. The van der Waals surface area contributed by atoms with E-state index in [1.165, 1.54) is 12.4 Å². The van der Waals surface area contributed by atoms with E-state index in [0.29, 0.717) is 24.5 Å². The summed E-state index contributed by atoms with van der Waals surface area (Å²) >= 11 is 0. The summed E-state index contributed by atoms with van der Waals surface area (Å²) in [6.45, 7) is 0.802. The smallest absolute Gasteiger partial charge is 0.161 e. The number of aromatic nitrogens is 5. The zero-order valence-corrected chi connectivity index (χ0v) is 11.9. The first-order chi connectivity index (χ1) is 11.0. The Balaban J connectivity index is 1.66. The van der Waals surface area contributed by atoms with Gasteiger partial charge in [0.25, 0.3) is 0 Å². The molecule has 0 spiro atoms. The summed E-state index contributed by atoms with van der Waals surface area (Å²) in [5.41, 5.74) is -0.128. The van der Waals surface area contributed by atoms with E-state index in [2.05, 4.69) is 25.4 Å². The molecular weight excluding hydrogens is 306 g/mol. The molecule has 0 radical (unpaired) electrons. The van der Waals surface area contributed by atoms with Gasteiger partial charge < -0.3 is 10.0 Å². The van der Waals surface area contributed by atoms with Crippen LogP contribution in [0.2, 0.25) is 0 Å². The Morgan fingerprint density at radius 2 is 1.96 bits per heavy atom. The number of benzene rings is 1. The number of anilines is 1. The Hall–Kier alpha value is -2.68. The lowest BCUT2D eigenvalue weighted by atomic mass is 10.0. The minimum atomic E-state index is -1.13. The first-order valence-electron chi connectivity index (χ1n) is 7.00. The molecule has 9 heteroatoms. The summed E-state index contributed by atoms with van der Waals surface area (Å²) in [4.78, 5) is 10.2. The molecule has 1 aliphatic rings. The number of hydrogen-bond donors (Lipinski definition) is 2. The molecule has 1 unspecified atom stereocenters. The molecule has 1 aromatic carbocycles. The molecule has 0 saturated carbocycles. The van der Waals surface area contributed by atoms with Crippen molar-refractivity contribution in [3.05, 3.63) is 41.9 Å². The van der Waals surface area contributed by atoms with Crippen LogP contribution in [0, 0.1) is 11.6 Å². The third kappa shape index (κ3) is 2.29. The van der Waals surface area contributed by atoms with Gasteiger partial charge in [-0.2, -0.15) is 15.4 Å². The molecule has 1 atom stereocenters. The predicted molar refractivity (Wildman–Crippen MR) is 76.6 cm³/mol. The van der Waals surface area contributed by atoms with E-state index in [0.717, 1.165) is 12.1 Å². The highest BCUT2D eigenvalue weighted by atomic mass is 19.2. The van der Waals surface area contributed by atoms with Crippen molar-refractivity contribution in [3.8, 4) is 0 Å². The van der Waals surface area contributed by atoms with Gasteiger partial charge in [0.15, 0.2) is 11.6 Å². The lowest BCUT2D eigenvalue weighted by Crippen LogP contribution is -2.31. The number of fused-ring (bicyclic) bond motifs is 1. The van der Waals surface area contributed by atoms with Crippen LogP contribution in [-0.2, 0) is 5.60 Å². The van der Waals surface area contributed by atoms with Gasteiger partial charge in [0.2, 0.25) is 0 Å². The number of aliphatic hydroxyl groups is 1. The minimum Gasteiger partial charge on any atom is -0.381 e. The Bertz CT molecular complexity index is 871. The Morgan fingerprint density at radius 3 is 2.70 bits per heavy atom. The zero-order chi connectivity index (χ0) is 16.0. The number of halogens is 2. The summed E-state index contributed by atoms with van der Waals surface area (Å²) in [6.07, 6.45) is 3.42. The van der Waals surface area contributed by atoms with E-state index in [1.807, 2.05) is 4.90 Å². The molecule has 3 aromatic rings. The maximum atomic E-state index is 13.4. The Morgan fingerprint density at radius 1 is 1.17 bits per heavy atom. The number of rotatable bonds is 2. The van der Waals surface area contributed by atoms with Gasteiger partial charge in [-0.05, 0) is 0 Å². The summed E-state index contributed by atoms with van der Waals surface area (Å²) in [5.74, 6) is -1.44. The average molecular weight is 318 g/mol. The van der Waals surface area contributed by atoms with Crippen LogP contribution in [0.5, 0.6) is 0 Å². The molecule has 4 rings (SSSR count). The Kier molecular flexibility index (Phi) is 2.98. The summed E-state index contributed by atoms with van der Waals surface area (Å²) in [6, 6.07) is 2.03. The molecule has 23 heavy (non-hydrogen) atoms. The average Bonchev–Trinajstić information content (AvgIpc) is 3.18. The highest BCUT2D eigenvalue weighted by Crippen LogP contribution is 2.32. The van der Waals surface area contributed by atoms with E-state index in [4.69, 9.17) is 0 Å². The van der Waals surface area contributed by atoms with E-state index >= 15 is 0 Å². The molecule has 1 fully saturated rings. The number of aromatic amines is 1. The van der Waals surface area contributed by atoms with Crippen molar-refractivity contribution in [1.29, 1.82) is 0 Å². The van der Waals surface area contributed by atoms with Crippen molar-refractivity contribution >= 4 is 16.9 Å². The highest BCUT2D eigenvalue weighted by Gasteiger charge is 2.40. The molecule has 118 valence electrons. The number of H-pyrrole nitrogens is 1. The normalized spacial score (nSPS) is 21.3. The van der Waals surface area contributed by atoms with Crippen molar-refractivity contribution in [2.24, 2.45) is 0 Å². The summed E-state index contributed by atoms with van der Waals surface area (Å²) in [7, 11) is 0. The largest absolute Gasteiger partial charge is 0.381 e. The van der Waals surface area contributed by atoms with Crippen molar-refractivity contribution in [2.45, 2.75) is 12.0 Å². The fraction of sp³-hybridized carbons (Fsp3) is 0.286. The first kappa shape index (κ1) is 13.9. The first-order valence-corrected chi connectivity index (χ1v) is 7.00. The maximum Gasteiger partial charge on any atom is 0.161 e. The van der Waals surface area contributed by atoms with Crippen LogP contribution in [0.15, 0.2) is 24.5 Å². The van der Waals surface area contributed by atoms with Crippen LogP contribution in [0.3, 0.4) is 0 Å². The monoisotopic (exact) mass is 318 g/mol. The highest BCUT2D eigenvalue weighted by molar-refractivity contribution is 5.75. The lowest BCUT2D eigenvalue weighted by molar-refractivity contribution is 0.0559. The second-order valence-corrected chi connectivity index (χ2v) is 5.54. The molecule has 1 aliphatic heterocycles. The van der Waals surface area contributed by atoms with Gasteiger partial charge >= 0.3 is 0 Å². The standard InChI is InChI=1S/C14H12F2N6O/c15-8-3-10-11(4-9(8)16)19-13(6-17-10)22-2-1-14(23,7-22)12-5-18-21-20-12/h3-6,23H,1-2,7H2,(H,18,20,21). The van der Waals surface area contributed by atoms with Gasteiger partial charge in [-0.3, -0.25) is 4.98 Å². The van der Waals surface area contributed by atoms with E-state index in [-0.39, 0.29) is 17.6 Å². The van der Waals surface area contributed by atoms with Gasteiger partial charge in [-0.15, -0.1) is 0 Å². The third-order valence-electron chi connectivity index (χ3n) is 4.04. The van der Waals surface area contributed by atoms with Crippen molar-refractivity contribution in [3.63, 3.8) is 0 Å². The van der Waals surface area contributed by atoms with Crippen LogP contribution in [0.25, 0.3) is 11.0 Å². The fourth-order valence-electron chi connectivity index (χ4n) is 2.77. The minimum absolute atomic E-state index is 0.262. The number of β-amino-alcohol motifs (C(OH)–C–C–N with tert-alkyl or cyclic N) is 1. The zero-order valence-electron chi connectivity index (χ0n) is 11.9. The van der Waals surface area contributed by atoms with Crippen LogP contribution in [-0.4, -0.2) is 43.6 Å². The van der Waals surface area contributed by atoms with Crippen LogP contribution < -0.4 is 4.90 Å².